The van der Waals surface area contributed by atoms with E-state index in [4.69, 9.17) is 0 Å². The van der Waals surface area contributed by atoms with Gasteiger partial charge in [-0.3, -0.25) is 14.5 Å². The quantitative estimate of drug-likeness (QED) is 0.433. The van der Waals surface area contributed by atoms with E-state index in [1.165, 1.54) is 12.1 Å². The molecule has 0 spiro atoms. The molecule has 1 aliphatic heterocycles. The lowest BCUT2D eigenvalue weighted by Crippen LogP contribution is -2.43. The van der Waals surface area contributed by atoms with E-state index >= 15 is 0 Å². The van der Waals surface area contributed by atoms with E-state index in [2.05, 4.69) is 5.32 Å². The van der Waals surface area contributed by atoms with Crippen LogP contribution in [-0.2, 0) is 16.9 Å². The minimum absolute atomic E-state index is 0.303. The summed E-state index contributed by atoms with van der Waals surface area (Å²) in [5, 5.41) is 2.81. The third kappa shape index (κ3) is 3.95. The van der Waals surface area contributed by atoms with Crippen molar-refractivity contribution < 1.29 is 18.8 Å². The van der Waals surface area contributed by atoms with Gasteiger partial charge in [-0.05, 0) is 49.6 Å². The van der Waals surface area contributed by atoms with E-state index in [9.17, 15) is 18.8 Å². The molecule has 6 nitrogen and oxygen atoms in total. The molecule has 3 amide bonds. The molecule has 2 heterocycles. The van der Waals surface area contributed by atoms with Gasteiger partial charge in [-0.2, -0.15) is 0 Å². The van der Waals surface area contributed by atoms with E-state index in [0.717, 1.165) is 21.9 Å². The zero-order valence-electron chi connectivity index (χ0n) is 18.9. The summed E-state index contributed by atoms with van der Waals surface area (Å²) in [6, 6.07) is 16.5. The van der Waals surface area contributed by atoms with Crippen molar-refractivity contribution >= 4 is 17.7 Å². The van der Waals surface area contributed by atoms with Crippen molar-refractivity contribution in [2.75, 3.05) is 6.54 Å². The fraction of sp³-hybridized carbons (Fsp3) is 0.269. The summed E-state index contributed by atoms with van der Waals surface area (Å²) in [7, 11) is 0. The van der Waals surface area contributed by atoms with Crippen molar-refractivity contribution in [1.82, 2.24) is 14.8 Å². The Labute approximate surface area is 192 Å². The van der Waals surface area contributed by atoms with E-state index in [1.807, 2.05) is 43.5 Å². The maximum Gasteiger partial charge on any atom is 0.325 e. The Hall–Kier alpha value is -3.74. The molecule has 4 rings (SSSR count). The zero-order valence-corrected chi connectivity index (χ0v) is 18.9. The van der Waals surface area contributed by atoms with Crippen LogP contribution in [0.2, 0.25) is 0 Å². The smallest absolute Gasteiger partial charge is 0.325 e. The number of Topliss-reactive ketones (excluding diaryl/α,β-unsaturated/α-hetero) is 1. The molecule has 1 fully saturated rings. The highest BCUT2D eigenvalue weighted by atomic mass is 19.1. The largest absolute Gasteiger partial charge is 0.344 e. The van der Waals surface area contributed by atoms with Crippen LogP contribution in [0.15, 0.2) is 60.7 Å². The Bertz CT molecular complexity index is 1220. The summed E-state index contributed by atoms with van der Waals surface area (Å²) in [5.74, 6) is -1.03. The monoisotopic (exact) mass is 447 g/mol. The summed E-state index contributed by atoms with van der Waals surface area (Å²) in [6.45, 7) is 5.70. The van der Waals surface area contributed by atoms with Gasteiger partial charge >= 0.3 is 6.03 Å². The Kier molecular flexibility index (Phi) is 5.89. The Morgan fingerprint density at radius 2 is 1.70 bits per heavy atom. The number of nitrogens with zero attached hydrogens (tertiary/aromatic N) is 2. The van der Waals surface area contributed by atoms with Gasteiger partial charge in [-0.25, -0.2) is 9.18 Å². The SMILES string of the molecule is CCC1(c2ccccc2)NC(=O)N(CC(=O)c2cc(C)n(Cc3ccc(F)cc3)c2C)C1=O. The Balaban J connectivity index is 1.57. The average Bonchev–Trinajstić information content (AvgIpc) is 3.24. The molecule has 0 saturated carbocycles. The Morgan fingerprint density at radius 1 is 1.03 bits per heavy atom. The first-order valence-electron chi connectivity index (χ1n) is 10.9. The molecule has 33 heavy (non-hydrogen) atoms. The second kappa shape index (κ2) is 8.65. The van der Waals surface area contributed by atoms with Crippen LogP contribution in [0.4, 0.5) is 9.18 Å². The molecule has 0 bridgehead atoms. The zero-order chi connectivity index (χ0) is 23.8. The molecule has 1 saturated heterocycles. The van der Waals surface area contributed by atoms with E-state index < -0.39 is 17.5 Å². The number of aryl methyl sites for hydroxylation is 1. The van der Waals surface area contributed by atoms with Gasteiger partial charge < -0.3 is 9.88 Å². The van der Waals surface area contributed by atoms with E-state index in [-0.39, 0.29) is 18.1 Å². The third-order valence-electron chi connectivity index (χ3n) is 6.40. The topological polar surface area (TPSA) is 71.4 Å². The Morgan fingerprint density at radius 3 is 2.33 bits per heavy atom. The third-order valence-corrected chi connectivity index (χ3v) is 6.40. The van der Waals surface area contributed by atoms with Crippen LogP contribution in [-0.4, -0.2) is 33.7 Å². The fourth-order valence-corrected chi connectivity index (χ4v) is 4.46. The highest BCUT2D eigenvalue weighted by Crippen LogP contribution is 2.32. The molecule has 1 atom stereocenters. The standard InChI is InChI=1S/C26H26FN3O3/c1-4-26(20-8-6-5-7-9-20)24(32)30(25(33)28-26)16-23(31)22-14-17(2)29(18(22)3)15-19-10-12-21(27)13-11-19/h5-14H,4,15-16H2,1-3H3,(H,28,33). The lowest BCUT2D eigenvalue weighted by molar-refractivity contribution is -0.131. The number of hydrogen-bond acceptors (Lipinski definition) is 3. The maximum atomic E-state index is 13.3. The van der Waals surface area contributed by atoms with E-state index in [0.29, 0.717) is 24.1 Å². The lowest BCUT2D eigenvalue weighted by atomic mass is 9.87. The van der Waals surface area contributed by atoms with Crippen LogP contribution in [0.3, 0.4) is 0 Å². The number of hydrogen-bond donors (Lipinski definition) is 1. The van der Waals surface area contributed by atoms with Gasteiger partial charge in [-0.1, -0.05) is 49.4 Å². The normalized spacial score (nSPS) is 18.0. The van der Waals surface area contributed by atoms with Crippen LogP contribution < -0.4 is 5.32 Å². The maximum absolute atomic E-state index is 13.3. The first kappa shape index (κ1) is 22.5. The van der Waals surface area contributed by atoms with Crippen molar-refractivity contribution in [3.63, 3.8) is 0 Å². The van der Waals surface area contributed by atoms with Gasteiger partial charge in [0, 0.05) is 23.5 Å². The second-order valence-electron chi connectivity index (χ2n) is 8.37. The fourth-order valence-electron chi connectivity index (χ4n) is 4.46. The number of halogens is 1. The molecule has 2 aromatic carbocycles. The predicted octanol–water partition coefficient (Wildman–Crippen LogP) is 4.33. The molecule has 0 aliphatic carbocycles. The highest BCUT2D eigenvalue weighted by Gasteiger charge is 2.51. The molecule has 170 valence electrons. The molecule has 7 heteroatoms. The molecule has 1 aromatic heterocycles. The molecule has 1 aliphatic rings. The van der Waals surface area contributed by atoms with Gasteiger partial charge in [0.05, 0.1) is 6.54 Å². The molecule has 1 unspecified atom stereocenters. The molecule has 3 aromatic rings. The molecule has 0 radical (unpaired) electrons. The van der Waals surface area contributed by atoms with Crippen LogP contribution in [0.1, 0.15) is 46.2 Å². The van der Waals surface area contributed by atoms with Gasteiger partial charge in [0.2, 0.25) is 0 Å². The number of benzene rings is 2. The number of amides is 3. The number of rotatable bonds is 7. The van der Waals surface area contributed by atoms with Crippen molar-refractivity contribution in [2.24, 2.45) is 0 Å². The number of ketones is 1. The number of nitrogens with one attached hydrogen (secondary N) is 1. The van der Waals surface area contributed by atoms with Gasteiger partial charge in [0.25, 0.3) is 5.91 Å². The van der Waals surface area contributed by atoms with Crippen molar-refractivity contribution in [2.45, 2.75) is 39.3 Å². The highest BCUT2D eigenvalue weighted by molar-refractivity contribution is 6.11. The molecular weight excluding hydrogens is 421 g/mol. The number of imide groups is 1. The minimum Gasteiger partial charge on any atom is -0.344 e. The lowest BCUT2D eigenvalue weighted by Gasteiger charge is -2.25. The summed E-state index contributed by atoms with van der Waals surface area (Å²) in [4.78, 5) is 40.2. The van der Waals surface area contributed by atoms with Crippen LogP contribution in [0.25, 0.3) is 0 Å². The number of aromatic nitrogens is 1. The van der Waals surface area contributed by atoms with Crippen molar-refractivity contribution in [3.8, 4) is 0 Å². The van der Waals surface area contributed by atoms with Gasteiger partial charge in [-0.15, -0.1) is 0 Å². The van der Waals surface area contributed by atoms with Crippen LogP contribution in [0.5, 0.6) is 0 Å². The summed E-state index contributed by atoms with van der Waals surface area (Å²) < 4.78 is 15.2. The first-order valence-corrected chi connectivity index (χ1v) is 10.9. The second-order valence-corrected chi connectivity index (χ2v) is 8.37. The number of carbonyl (C=O) groups is 3. The van der Waals surface area contributed by atoms with E-state index in [1.54, 1.807) is 30.3 Å². The summed E-state index contributed by atoms with van der Waals surface area (Å²) >= 11 is 0. The van der Waals surface area contributed by atoms with Crippen molar-refractivity contribution in [1.29, 1.82) is 0 Å². The first-order chi connectivity index (χ1) is 15.8. The summed E-state index contributed by atoms with van der Waals surface area (Å²) in [6.07, 6.45) is 0.373. The van der Waals surface area contributed by atoms with Gasteiger partial charge in [0.15, 0.2) is 5.78 Å². The molecular formula is C26H26FN3O3. The van der Waals surface area contributed by atoms with Crippen LogP contribution >= 0.6 is 0 Å². The predicted molar refractivity (Wildman–Crippen MR) is 122 cm³/mol. The van der Waals surface area contributed by atoms with Crippen LogP contribution in [0, 0.1) is 19.7 Å². The number of carbonyl (C=O) groups excluding carboxylic acids is 3. The minimum atomic E-state index is -1.17. The van der Waals surface area contributed by atoms with Crippen molar-refractivity contribution in [3.05, 3.63) is 94.6 Å². The molecule has 1 N–H and O–H groups in total. The summed E-state index contributed by atoms with van der Waals surface area (Å²) in [5.41, 5.74) is 2.49. The van der Waals surface area contributed by atoms with Gasteiger partial charge in [0.1, 0.15) is 11.4 Å². The number of urea groups is 1. The average molecular weight is 448 g/mol.